The average Bonchev–Trinajstić information content (AvgIpc) is 0.796. The molecule has 9 amide bonds. The number of ether oxygens (including phenoxy) is 3. The predicted octanol–water partition coefficient (Wildman–Crippen LogP) is 8.80. The standard InChI is InChI=1S/C76H95N13O16S2/c1-6-57-51-38-75(46-89-48(4)55(40-79-89)53-24-25-61(83-66(53)70(96)97)87-31-28-50-14-12-15-54(56(50)41-87)67(93)85-72-82-58-16-9-10-18-60(58)106-72)43-74(57,5)44-76(39-51,45-75)105-36-35-103-34-32-86(33-37-107(100,101)102)73(99)104-42-49-20-22-52(23-21-49)80-68(94)59(17-13-29-78-71(77)98)81-69(95)65(47(2)3)84-62(90)19-8-7-11-30-88-63(91)26-27-64(88)92/h9-10,12,14-16,18,20-27,40,47,51,57,59,65H,6-8,11,13,17,19,28-39,41-46H2,1-5H3,(H,80,94)(H,81,95)(H,84,90)(H,96,97)(H3,77,78,98)(H,82,85,93)(H,100,101,102)/t51?,57?,59-,65-,74?,75?,76?/m0/s1. The van der Waals surface area contributed by atoms with Crippen LogP contribution in [0.2, 0.25) is 0 Å². The number of carbonyl (C=O) groups is 9. The molecule has 5 heterocycles. The van der Waals surface area contributed by atoms with Gasteiger partial charge in [-0.15, -0.1) is 0 Å². The third-order valence-electron chi connectivity index (χ3n) is 21.4. The van der Waals surface area contributed by atoms with Gasteiger partial charge in [0.25, 0.3) is 27.8 Å². The number of pyridine rings is 1. The summed E-state index contributed by atoms with van der Waals surface area (Å²) in [5, 5.41) is 30.0. The number of fused-ring (bicyclic) bond motifs is 2. The van der Waals surface area contributed by atoms with Gasteiger partial charge in [0, 0.05) is 92.5 Å². The molecule has 3 aromatic carbocycles. The van der Waals surface area contributed by atoms with Crippen molar-refractivity contribution < 1.29 is 75.4 Å². The van der Waals surface area contributed by atoms with Crippen molar-refractivity contribution in [3.63, 3.8) is 0 Å². The third kappa shape index (κ3) is 19.4. The summed E-state index contributed by atoms with van der Waals surface area (Å²) in [5.41, 5.74) is 10.5. The van der Waals surface area contributed by atoms with E-state index in [-0.39, 0.29) is 105 Å². The summed E-state index contributed by atoms with van der Waals surface area (Å²) in [7, 11) is -4.49. The number of amides is 9. The fourth-order valence-corrected chi connectivity index (χ4v) is 18.2. The first-order valence-corrected chi connectivity index (χ1v) is 39.0. The number of rotatable bonds is 36. The lowest BCUT2D eigenvalue weighted by Gasteiger charge is -2.68. The van der Waals surface area contributed by atoms with Crippen molar-refractivity contribution >= 4 is 102 Å². The molecular formula is C76H95N13O16S2. The SMILES string of the molecule is CCC1C2CC3(Cn4ncc(-c5ccc(N6CCc7cccc(C(=O)Nc8nc9ccccc9s8)c7C6)nc5C(=O)O)c4C)CC(OCCOCCN(CCS(=O)(=O)O)C(=O)OCc4ccc(NC(=O)[C@H](CCCNC(N)=O)NC(=O)[C@@H](NC(=O)CCCCCN5C(=O)C=CC5=O)C(C)C)cc4)(C2)CC1(C)C3. The van der Waals surface area contributed by atoms with Gasteiger partial charge in [0.05, 0.1) is 47.6 Å². The number of nitrogens with one attached hydrogen (secondary N) is 5. The maximum atomic E-state index is 13.8. The van der Waals surface area contributed by atoms with Gasteiger partial charge in [0.2, 0.25) is 17.7 Å². The number of aromatic carboxylic acids is 1. The molecule has 2 aliphatic heterocycles. The van der Waals surface area contributed by atoms with Crippen LogP contribution in [0.5, 0.6) is 0 Å². The zero-order valence-electron chi connectivity index (χ0n) is 60.9. The highest BCUT2D eigenvalue weighted by Gasteiger charge is 2.66. The molecule has 9 N–H and O–H groups in total. The number of thiazole rings is 1. The number of carbonyl (C=O) groups excluding carboxylic acids is 8. The van der Waals surface area contributed by atoms with Crippen LogP contribution in [-0.2, 0) is 74.4 Å². The number of carboxylic acids is 1. The first-order chi connectivity index (χ1) is 51.1. The lowest BCUT2D eigenvalue weighted by atomic mass is 9.39. The maximum Gasteiger partial charge on any atom is 0.410 e. The van der Waals surface area contributed by atoms with E-state index >= 15 is 0 Å². The van der Waals surface area contributed by atoms with E-state index in [1.807, 2.05) is 65.0 Å². The van der Waals surface area contributed by atoms with Gasteiger partial charge in [0.15, 0.2) is 10.8 Å². The number of unbranched alkanes of at least 4 members (excludes halogenated alkanes) is 2. The second-order valence-corrected chi connectivity index (χ2v) is 32.1. The summed E-state index contributed by atoms with van der Waals surface area (Å²) in [6.07, 6.45) is 11.4. The smallest absolute Gasteiger partial charge is 0.410 e. The van der Waals surface area contributed by atoms with Crippen LogP contribution >= 0.6 is 11.3 Å². The molecule has 0 saturated heterocycles. The Morgan fingerprint density at radius 1 is 0.841 bits per heavy atom. The van der Waals surface area contributed by atoms with Crippen LogP contribution in [0.25, 0.3) is 21.3 Å². The lowest BCUT2D eigenvalue weighted by Crippen LogP contribution is -2.64. The Morgan fingerprint density at radius 2 is 1.62 bits per heavy atom. The van der Waals surface area contributed by atoms with Crippen LogP contribution in [0.1, 0.15) is 148 Å². The van der Waals surface area contributed by atoms with Gasteiger partial charge in [-0.1, -0.05) is 88.3 Å². The summed E-state index contributed by atoms with van der Waals surface area (Å²) >= 11 is 1.41. The van der Waals surface area contributed by atoms with Gasteiger partial charge in [0.1, 0.15) is 24.5 Å². The molecule has 29 nitrogen and oxygen atoms in total. The molecule has 0 radical (unpaired) electrons. The quantitative estimate of drug-likeness (QED) is 0.0103. The Hall–Kier alpha value is -9.69. The van der Waals surface area contributed by atoms with Gasteiger partial charge in [-0.05, 0) is 159 Å². The largest absolute Gasteiger partial charge is 0.476 e. The molecule has 4 fully saturated rings. The number of anilines is 3. The Kier molecular flexibility index (Phi) is 24.9. The van der Waals surface area contributed by atoms with Crippen molar-refractivity contribution in [2.45, 2.75) is 155 Å². The molecule has 107 heavy (non-hydrogen) atoms. The molecule has 4 bridgehead atoms. The second kappa shape index (κ2) is 34.0. The predicted molar refractivity (Wildman–Crippen MR) is 399 cm³/mol. The molecular weight excluding hydrogens is 1420 g/mol. The number of nitrogens with two attached hydrogens (primary N) is 1. The van der Waals surface area contributed by atoms with E-state index in [1.54, 1.807) is 50.4 Å². The van der Waals surface area contributed by atoms with Crippen molar-refractivity contribution in [3.05, 3.63) is 131 Å². The van der Waals surface area contributed by atoms with Crippen LogP contribution in [0.15, 0.2) is 97.2 Å². The van der Waals surface area contributed by atoms with Crippen molar-refractivity contribution in [1.29, 1.82) is 0 Å². The number of carboxylic acid groups (broad SMARTS) is 1. The maximum absolute atomic E-state index is 13.8. The molecule has 4 aliphatic carbocycles. The van der Waals surface area contributed by atoms with Crippen molar-refractivity contribution in [2.75, 3.05) is 73.8 Å². The van der Waals surface area contributed by atoms with Crippen molar-refractivity contribution in [3.8, 4) is 11.1 Å². The fraction of sp³-hybridized carbons (Fsp3) is 0.500. The zero-order valence-corrected chi connectivity index (χ0v) is 62.6. The average molecular weight is 1510 g/mol. The van der Waals surface area contributed by atoms with E-state index in [1.165, 1.54) is 23.5 Å². The first-order valence-electron chi connectivity index (χ1n) is 36.6. The summed E-state index contributed by atoms with van der Waals surface area (Å²) in [5.74, 6) is -3.57. The number of primary amides is 1. The van der Waals surface area contributed by atoms with Crippen LogP contribution < -0.4 is 37.2 Å². The topological polar surface area (TPSA) is 395 Å². The van der Waals surface area contributed by atoms with Crippen LogP contribution in [0, 0.1) is 35.5 Å². The van der Waals surface area contributed by atoms with Gasteiger partial charge in [-0.25, -0.2) is 24.4 Å². The van der Waals surface area contributed by atoms with Gasteiger partial charge in [-0.2, -0.15) is 13.5 Å². The Bertz CT molecular complexity index is 4420. The Balaban J connectivity index is 0.663. The van der Waals surface area contributed by atoms with Crippen molar-refractivity contribution in [1.82, 2.24) is 45.5 Å². The number of aromatic nitrogens is 4. The number of para-hydroxylation sites is 1. The summed E-state index contributed by atoms with van der Waals surface area (Å²) in [6, 6.07) is 20.4. The highest BCUT2D eigenvalue weighted by molar-refractivity contribution is 7.85. The molecule has 6 aliphatic rings. The van der Waals surface area contributed by atoms with Gasteiger partial charge in [-0.3, -0.25) is 48.2 Å². The van der Waals surface area contributed by atoms with Gasteiger partial charge >= 0.3 is 18.1 Å². The summed E-state index contributed by atoms with van der Waals surface area (Å²) in [4.78, 5) is 130. The van der Waals surface area contributed by atoms with E-state index in [0.717, 1.165) is 75.4 Å². The van der Waals surface area contributed by atoms with Crippen LogP contribution in [0.3, 0.4) is 0 Å². The number of benzene rings is 3. The minimum absolute atomic E-state index is 0.0123. The normalized spacial score (nSPS) is 20.6. The zero-order chi connectivity index (χ0) is 76.4. The molecule has 12 rings (SSSR count). The molecule has 4 saturated carbocycles. The Morgan fingerprint density at radius 3 is 2.34 bits per heavy atom. The number of imide groups is 1. The highest BCUT2D eigenvalue weighted by Crippen LogP contribution is 2.70. The second-order valence-electron chi connectivity index (χ2n) is 29.5. The number of hydrogen-bond acceptors (Lipinski definition) is 19. The summed E-state index contributed by atoms with van der Waals surface area (Å²) < 4.78 is 55.2. The number of nitrogens with zero attached hydrogens (tertiary/aromatic N) is 7. The van der Waals surface area contributed by atoms with Crippen LogP contribution in [0.4, 0.5) is 26.2 Å². The number of hydrogen-bond donors (Lipinski definition) is 8. The minimum atomic E-state index is -4.49. The molecule has 6 aromatic rings. The van der Waals surface area contributed by atoms with E-state index in [0.29, 0.717) is 96.0 Å². The van der Waals surface area contributed by atoms with Crippen LogP contribution in [-0.4, -0.2) is 177 Å². The monoisotopic (exact) mass is 1510 g/mol. The highest BCUT2D eigenvalue weighted by atomic mass is 32.2. The molecule has 3 aromatic heterocycles. The fourth-order valence-electron chi connectivity index (χ4n) is 16.9. The number of urea groups is 1. The lowest BCUT2D eigenvalue weighted by molar-refractivity contribution is -0.249. The molecule has 0 spiro atoms. The van der Waals surface area contributed by atoms with E-state index in [4.69, 9.17) is 30.0 Å². The first kappa shape index (κ1) is 78.4. The summed E-state index contributed by atoms with van der Waals surface area (Å²) in [6.45, 7) is 11.6. The minimum Gasteiger partial charge on any atom is -0.476 e. The van der Waals surface area contributed by atoms with E-state index in [9.17, 15) is 61.2 Å². The molecule has 5 unspecified atom stereocenters. The molecule has 31 heteroatoms. The van der Waals surface area contributed by atoms with E-state index < -0.39 is 75.9 Å². The Labute approximate surface area is 625 Å². The molecule has 572 valence electrons. The van der Waals surface area contributed by atoms with Gasteiger partial charge < -0.3 is 56.1 Å². The third-order valence-corrected chi connectivity index (χ3v) is 23.1. The van der Waals surface area contributed by atoms with E-state index in [2.05, 4.69) is 45.4 Å². The van der Waals surface area contributed by atoms with Crippen molar-refractivity contribution in [2.24, 2.45) is 34.3 Å². The molecule has 7 atom stereocenters.